The van der Waals surface area contributed by atoms with Gasteiger partial charge in [-0.25, -0.2) is 5.10 Å². The summed E-state index contributed by atoms with van der Waals surface area (Å²) >= 11 is 0. The standard InChI is InChI=1S/C12H18N4O2/c1-2-8-5-6-13-9(7-8)12(18)14-10-3-4-11(17)16-15-10/h3-4,8-9,13H,2,5-7H2,1H3,(H,16,17)(H,14,15,18). The van der Waals surface area contributed by atoms with Crippen molar-refractivity contribution in [2.24, 2.45) is 5.92 Å². The maximum absolute atomic E-state index is 12.0. The molecule has 1 fully saturated rings. The van der Waals surface area contributed by atoms with Crippen LogP contribution in [0.4, 0.5) is 5.82 Å². The fourth-order valence-corrected chi connectivity index (χ4v) is 2.19. The van der Waals surface area contributed by atoms with E-state index < -0.39 is 0 Å². The predicted molar refractivity (Wildman–Crippen MR) is 68.3 cm³/mol. The van der Waals surface area contributed by atoms with Crippen molar-refractivity contribution in [1.82, 2.24) is 15.5 Å². The second-order valence-electron chi connectivity index (χ2n) is 4.60. The molecule has 0 spiro atoms. The van der Waals surface area contributed by atoms with Crippen LogP contribution in [0.1, 0.15) is 26.2 Å². The first-order chi connectivity index (χ1) is 8.69. The molecule has 2 atom stereocenters. The molecule has 0 radical (unpaired) electrons. The van der Waals surface area contributed by atoms with Crippen molar-refractivity contribution in [1.29, 1.82) is 0 Å². The molecule has 0 bridgehead atoms. The van der Waals surface area contributed by atoms with Gasteiger partial charge in [0.15, 0.2) is 5.82 Å². The zero-order chi connectivity index (χ0) is 13.0. The highest BCUT2D eigenvalue weighted by Gasteiger charge is 2.25. The number of aromatic nitrogens is 2. The number of hydrogen-bond acceptors (Lipinski definition) is 4. The van der Waals surface area contributed by atoms with Crippen LogP contribution in [0.5, 0.6) is 0 Å². The summed E-state index contributed by atoms with van der Waals surface area (Å²) < 4.78 is 0. The monoisotopic (exact) mass is 250 g/mol. The van der Waals surface area contributed by atoms with Gasteiger partial charge in [0.1, 0.15) is 0 Å². The Labute approximate surface area is 105 Å². The SMILES string of the molecule is CCC1CCNC(C(=O)Nc2ccc(=O)[nH]n2)C1. The lowest BCUT2D eigenvalue weighted by atomic mass is 9.90. The Morgan fingerprint density at radius 1 is 1.56 bits per heavy atom. The lowest BCUT2D eigenvalue weighted by molar-refractivity contribution is -0.119. The number of nitrogens with one attached hydrogen (secondary N) is 3. The van der Waals surface area contributed by atoms with E-state index in [1.807, 2.05) is 0 Å². The van der Waals surface area contributed by atoms with E-state index in [-0.39, 0.29) is 17.5 Å². The summed E-state index contributed by atoms with van der Waals surface area (Å²) in [4.78, 5) is 22.9. The van der Waals surface area contributed by atoms with Gasteiger partial charge in [-0.15, -0.1) is 0 Å². The molecule has 6 heteroatoms. The minimum absolute atomic E-state index is 0.0901. The van der Waals surface area contributed by atoms with Crippen LogP contribution >= 0.6 is 0 Å². The van der Waals surface area contributed by atoms with Gasteiger partial charge in [0, 0.05) is 6.07 Å². The minimum atomic E-state index is -0.283. The second-order valence-corrected chi connectivity index (χ2v) is 4.60. The number of aromatic amines is 1. The molecule has 18 heavy (non-hydrogen) atoms. The molecule has 1 saturated heterocycles. The van der Waals surface area contributed by atoms with Gasteiger partial charge in [-0.05, 0) is 31.4 Å². The first kappa shape index (κ1) is 12.8. The summed E-state index contributed by atoms with van der Waals surface area (Å²) in [7, 11) is 0. The Morgan fingerprint density at radius 2 is 2.39 bits per heavy atom. The summed E-state index contributed by atoms with van der Waals surface area (Å²) in [6, 6.07) is 2.67. The highest BCUT2D eigenvalue weighted by atomic mass is 16.2. The normalized spacial score (nSPS) is 23.6. The zero-order valence-corrected chi connectivity index (χ0v) is 10.4. The van der Waals surface area contributed by atoms with Gasteiger partial charge in [0.05, 0.1) is 6.04 Å². The predicted octanol–water partition coefficient (Wildman–Crippen LogP) is 0.487. The molecule has 98 valence electrons. The van der Waals surface area contributed by atoms with Gasteiger partial charge in [-0.1, -0.05) is 13.3 Å². The summed E-state index contributed by atoms with van der Waals surface area (Å²) in [6.45, 7) is 3.02. The summed E-state index contributed by atoms with van der Waals surface area (Å²) in [6.07, 6.45) is 3.07. The lowest BCUT2D eigenvalue weighted by Gasteiger charge is -2.28. The Bertz CT molecular complexity index is 451. The van der Waals surface area contributed by atoms with Gasteiger partial charge < -0.3 is 10.6 Å². The molecule has 2 heterocycles. The number of anilines is 1. The van der Waals surface area contributed by atoms with Crippen molar-refractivity contribution in [3.63, 3.8) is 0 Å². The molecule has 3 N–H and O–H groups in total. The highest BCUT2D eigenvalue weighted by Crippen LogP contribution is 2.19. The highest BCUT2D eigenvalue weighted by molar-refractivity contribution is 5.94. The van der Waals surface area contributed by atoms with Gasteiger partial charge in [-0.3, -0.25) is 9.59 Å². The summed E-state index contributed by atoms with van der Waals surface area (Å²) in [5.74, 6) is 0.887. The molecule has 0 aromatic carbocycles. The molecule has 1 aliphatic heterocycles. The third-order valence-corrected chi connectivity index (χ3v) is 3.34. The molecular weight excluding hydrogens is 232 g/mol. The van der Waals surface area contributed by atoms with Crippen LogP contribution in [0, 0.1) is 5.92 Å². The van der Waals surface area contributed by atoms with E-state index >= 15 is 0 Å². The number of carbonyl (C=O) groups is 1. The topological polar surface area (TPSA) is 86.9 Å². The number of rotatable bonds is 3. The molecule has 2 unspecified atom stereocenters. The Balaban J connectivity index is 1.95. The smallest absolute Gasteiger partial charge is 0.264 e. The fourth-order valence-electron chi connectivity index (χ4n) is 2.19. The van der Waals surface area contributed by atoms with Crippen LogP contribution in [-0.2, 0) is 4.79 Å². The van der Waals surface area contributed by atoms with Crippen molar-refractivity contribution in [3.8, 4) is 0 Å². The lowest BCUT2D eigenvalue weighted by Crippen LogP contribution is -2.46. The Morgan fingerprint density at radius 3 is 3.06 bits per heavy atom. The third kappa shape index (κ3) is 3.16. The van der Waals surface area contributed by atoms with Gasteiger partial charge in [0.2, 0.25) is 5.91 Å². The molecular formula is C12H18N4O2. The third-order valence-electron chi connectivity index (χ3n) is 3.34. The molecule has 1 aromatic heterocycles. The summed E-state index contributed by atoms with van der Waals surface area (Å²) in [5, 5.41) is 11.9. The van der Waals surface area contributed by atoms with Crippen LogP contribution in [0.25, 0.3) is 0 Å². The number of H-pyrrole nitrogens is 1. The van der Waals surface area contributed by atoms with Gasteiger partial charge >= 0.3 is 0 Å². The quantitative estimate of drug-likeness (QED) is 0.728. The van der Waals surface area contributed by atoms with Crippen molar-refractivity contribution in [3.05, 3.63) is 22.5 Å². The minimum Gasteiger partial charge on any atom is -0.308 e. The van der Waals surface area contributed by atoms with Crippen LogP contribution in [0.3, 0.4) is 0 Å². The molecule has 0 aliphatic carbocycles. The average molecular weight is 250 g/mol. The van der Waals surface area contributed by atoms with Crippen LogP contribution in [0.15, 0.2) is 16.9 Å². The molecule has 1 aliphatic rings. The number of hydrogen-bond donors (Lipinski definition) is 3. The second kappa shape index (κ2) is 5.77. The number of amides is 1. The van der Waals surface area contributed by atoms with Crippen LogP contribution in [0.2, 0.25) is 0 Å². The van der Waals surface area contributed by atoms with Gasteiger partial charge in [0.25, 0.3) is 5.56 Å². The van der Waals surface area contributed by atoms with Crippen LogP contribution < -0.4 is 16.2 Å². The van der Waals surface area contributed by atoms with Crippen molar-refractivity contribution >= 4 is 11.7 Å². The molecule has 0 saturated carbocycles. The maximum atomic E-state index is 12.0. The van der Waals surface area contributed by atoms with E-state index in [9.17, 15) is 9.59 Å². The van der Waals surface area contributed by atoms with E-state index in [0.717, 1.165) is 25.8 Å². The zero-order valence-electron chi connectivity index (χ0n) is 10.4. The summed E-state index contributed by atoms with van der Waals surface area (Å²) in [5.41, 5.74) is -0.283. The number of carbonyl (C=O) groups excluding carboxylic acids is 1. The average Bonchev–Trinajstić information content (AvgIpc) is 2.41. The fraction of sp³-hybridized carbons (Fsp3) is 0.583. The molecule has 2 rings (SSSR count). The van der Waals surface area contributed by atoms with Gasteiger partial charge in [-0.2, -0.15) is 5.10 Å². The molecule has 1 aromatic rings. The van der Waals surface area contributed by atoms with E-state index in [2.05, 4.69) is 27.8 Å². The van der Waals surface area contributed by atoms with E-state index in [4.69, 9.17) is 0 Å². The number of nitrogens with zero attached hydrogens (tertiary/aromatic N) is 1. The largest absolute Gasteiger partial charge is 0.308 e. The maximum Gasteiger partial charge on any atom is 0.264 e. The number of piperidine rings is 1. The van der Waals surface area contributed by atoms with E-state index in [1.54, 1.807) is 0 Å². The molecule has 1 amide bonds. The van der Waals surface area contributed by atoms with Crippen molar-refractivity contribution < 1.29 is 4.79 Å². The van der Waals surface area contributed by atoms with E-state index in [1.165, 1.54) is 12.1 Å². The van der Waals surface area contributed by atoms with Crippen molar-refractivity contribution in [2.75, 3.05) is 11.9 Å². The van der Waals surface area contributed by atoms with E-state index in [0.29, 0.717) is 11.7 Å². The Hall–Kier alpha value is -1.69. The Kier molecular flexibility index (Phi) is 4.09. The first-order valence-electron chi connectivity index (χ1n) is 6.29. The molecule has 6 nitrogen and oxygen atoms in total. The first-order valence-corrected chi connectivity index (χ1v) is 6.29. The van der Waals surface area contributed by atoms with Crippen molar-refractivity contribution in [2.45, 2.75) is 32.2 Å². The van der Waals surface area contributed by atoms with Crippen LogP contribution in [-0.4, -0.2) is 28.7 Å².